The average molecular weight is 290 g/mol. The lowest BCUT2D eigenvalue weighted by molar-refractivity contribution is 0.445. The summed E-state index contributed by atoms with van der Waals surface area (Å²) in [5.41, 5.74) is 1.31. The maximum Gasteiger partial charge on any atom is 0.218 e. The quantitative estimate of drug-likeness (QED) is 0.856. The van der Waals surface area contributed by atoms with Gasteiger partial charge in [-0.25, -0.2) is 12.7 Å². The molecule has 1 saturated heterocycles. The molecule has 20 heavy (non-hydrogen) atoms. The first-order valence-corrected chi connectivity index (χ1v) is 8.66. The Morgan fingerprint density at radius 3 is 2.30 bits per heavy atom. The first-order valence-electron chi connectivity index (χ1n) is 7.05. The fourth-order valence-electron chi connectivity index (χ4n) is 3.40. The van der Waals surface area contributed by atoms with Crippen LogP contribution < -0.4 is 0 Å². The Morgan fingerprint density at radius 1 is 1.15 bits per heavy atom. The van der Waals surface area contributed by atoms with Gasteiger partial charge < -0.3 is 0 Å². The minimum atomic E-state index is -3.22. The van der Waals surface area contributed by atoms with Crippen molar-refractivity contribution in [3.63, 3.8) is 0 Å². The molecular weight excluding hydrogens is 272 g/mol. The third-order valence-corrected chi connectivity index (χ3v) is 6.30. The highest BCUT2D eigenvalue weighted by atomic mass is 32.2. The Labute approximate surface area is 120 Å². The molecule has 1 aromatic rings. The van der Waals surface area contributed by atoms with Crippen LogP contribution in [-0.2, 0) is 15.8 Å². The maximum atomic E-state index is 12.4. The molecule has 1 aliphatic carbocycles. The van der Waals surface area contributed by atoms with Gasteiger partial charge in [0.2, 0.25) is 10.0 Å². The Morgan fingerprint density at radius 2 is 1.75 bits per heavy atom. The molecule has 2 unspecified atom stereocenters. The second-order valence-corrected chi connectivity index (χ2v) is 7.80. The van der Waals surface area contributed by atoms with E-state index in [2.05, 4.69) is 0 Å². The molecule has 2 atom stereocenters. The van der Waals surface area contributed by atoms with E-state index in [1.165, 1.54) is 19.3 Å². The van der Waals surface area contributed by atoms with Gasteiger partial charge in [-0.3, -0.25) is 0 Å². The van der Waals surface area contributed by atoms with Crippen molar-refractivity contribution in [1.82, 2.24) is 4.31 Å². The van der Waals surface area contributed by atoms with Crippen LogP contribution in [0, 0.1) is 23.2 Å². The van der Waals surface area contributed by atoms with E-state index in [1.807, 2.05) is 6.07 Å². The lowest BCUT2D eigenvalue weighted by Gasteiger charge is -2.17. The van der Waals surface area contributed by atoms with E-state index in [0.717, 1.165) is 5.56 Å². The number of hydrogen-bond acceptors (Lipinski definition) is 3. The normalized spacial score (nSPS) is 26.4. The minimum absolute atomic E-state index is 0.0398. The van der Waals surface area contributed by atoms with E-state index in [1.54, 1.807) is 28.6 Å². The summed E-state index contributed by atoms with van der Waals surface area (Å²) in [6, 6.07) is 8.84. The predicted molar refractivity (Wildman–Crippen MR) is 76.2 cm³/mol. The smallest absolute Gasteiger partial charge is 0.212 e. The van der Waals surface area contributed by atoms with Gasteiger partial charge in [0.15, 0.2) is 0 Å². The van der Waals surface area contributed by atoms with Gasteiger partial charge in [0.1, 0.15) is 0 Å². The second kappa shape index (κ2) is 5.19. The number of nitriles is 1. The first kappa shape index (κ1) is 13.6. The average Bonchev–Trinajstić information content (AvgIpc) is 3.00. The number of fused-ring (bicyclic) bond motifs is 1. The molecule has 0 aromatic heterocycles. The van der Waals surface area contributed by atoms with Crippen molar-refractivity contribution in [3.05, 3.63) is 35.4 Å². The fourth-order valence-corrected chi connectivity index (χ4v) is 5.03. The zero-order chi connectivity index (χ0) is 14.2. The van der Waals surface area contributed by atoms with E-state index < -0.39 is 10.0 Å². The Kier molecular flexibility index (Phi) is 3.53. The van der Waals surface area contributed by atoms with Crippen LogP contribution in [0.1, 0.15) is 30.4 Å². The van der Waals surface area contributed by atoms with Crippen molar-refractivity contribution in [2.45, 2.75) is 25.0 Å². The van der Waals surface area contributed by atoms with Crippen LogP contribution in [-0.4, -0.2) is 25.8 Å². The zero-order valence-electron chi connectivity index (χ0n) is 11.3. The molecule has 0 amide bonds. The van der Waals surface area contributed by atoms with Crippen molar-refractivity contribution < 1.29 is 8.42 Å². The number of hydrogen-bond donors (Lipinski definition) is 0. The lowest BCUT2D eigenvalue weighted by atomic mass is 10.0. The van der Waals surface area contributed by atoms with Gasteiger partial charge in [0, 0.05) is 13.1 Å². The zero-order valence-corrected chi connectivity index (χ0v) is 12.1. The molecule has 1 heterocycles. The van der Waals surface area contributed by atoms with E-state index in [4.69, 9.17) is 5.26 Å². The summed E-state index contributed by atoms with van der Waals surface area (Å²) >= 11 is 0. The highest BCUT2D eigenvalue weighted by Gasteiger charge is 2.40. The summed E-state index contributed by atoms with van der Waals surface area (Å²) in [6.07, 6.45) is 3.60. The van der Waals surface area contributed by atoms with Crippen LogP contribution in [0.2, 0.25) is 0 Å². The Bertz CT molecular complexity index is 619. The van der Waals surface area contributed by atoms with Crippen LogP contribution >= 0.6 is 0 Å². The molecule has 5 heteroatoms. The molecule has 1 saturated carbocycles. The molecule has 0 N–H and O–H groups in total. The molecule has 2 fully saturated rings. The van der Waals surface area contributed by atoms with E-state index in [-0.39, 0.29) is 5.75 Å². The molecule has 1 aliphatic heterocycles. The van der Waals surface area contributed by atoms with Crippen molar-refractivity contribution >= 4 is 10.0 Å². The van der Waals surface area contributed by atoms with Crippen LogP contribution in [0.25, 0.3) is 0 Å². The number of sulfonamides is 1. The molecule has 1 aromatic carbocycles. The highest BCUT2D eigenvalue weighted by Crippen LogP contribution is 2.39. The van der Waals surface area contributed by atoms with Crippen molar-refractivity contribution in [2.24, 2.45) is 11.8 Å². The summed E-state index contributed by atoms with van der Waals surface area (Å²) < 4.78 is 26.6. The van der Waals surface area contributed by atoms with Gasteiger partial charge in [-0.05, 0) is 42.4 Å². The van der Waals surface area contributed by atoms with E-state index >= 15 is 0 Å². The number of benzene rings is 1. The van der Waals surface area contributed by atoms with E-state index in [9.17, 15) is 8.42 Å². The first-order chi connectivity index (χ1) is 9.58. The van der Waals surface area contributed by atoms with Crippen molar-refractivity contribution in [3.8, 4) is 6.07 Å². The topological polar surface area (TPSA) is 61.2 Å². The van der Waals surface area contributed by atoms with Crippen LogP contribution in [0.5, 0.6) is 0 Å². The molecule has 0 bridgehead atoms. The third kappa shape index (κ3) is 2.58. The lowest BCUT2D eigenvalue weighted by Crippen LogP contribution is -2.30. The largest absolute Gasteiger partial charge is 0.218 e. The molecular formula is C15H18N2O2S. The van der Waals surface area contributed by atoms with Gasteiger partial charge in [0.05, 0.1) is 17.4 Å². The predicted octanol–water partition coefficient (Wildman–Crippen LogP) is 2.12. The standard InChI is InChI=1S/C15H18N2O2S/c16-8-12-4-6-13(7-5-12)11-20(18,19)17-9-14-2-1-3-15(14)10-17/h4-7,14-15H,1-3,9-11H2. The summed E-state index contributed by atoms with van der Waals surface area (Å²) in [6.45, 7) is 1.40. The molecule has 106 valence electrons. The molecule has 4 nitrogen and oxygen atoms in total. The van der Waals surface area contributed by atoms with Crippen LogP contribution in [0.15, 0.2) is 24.3 Å². The van der Waals surface area contributed by atoms with Gasteiger partial charge in [-0.15, -0.1) is 0 Å². The molecule has 3 rings (SSSR count). The molecule has 0 spiro atoms. The fraction of sp³-hybridized carbons (Fsp3) is 0.533. The SMILES string of the molecule is N#Cc1ccc(CS(=O)(=O)N2CC3CCCC3C2)cc1. The molecule has 2 aliphatic rings. The van der Waals surface area contributed by atoms with E-state index in [0.29, 0.717) is 30.5 Å². The highest BCUT2D eigenvalue weighted by molar-refractivity contribution is 7.88. The molecule has 0 radical (unpaired) electrons. The summed E-state index contributed by atoms with van der Waals surface area (Å²) in [5, 5.41) is 8.75. The maximum absolute atomic E-state index is 12.4. The third-order valence-electron chi connectivity index (χ3n) is 4.52. The van der Waals surface area contributed by atoms with Crippen LogP contribution in [0.4, 0.5) is 0 Å². The van der Waals surface area contributed by atoms with Crippen molar-refractivity contribution in [2.75, 3.05) is 13.1 Å². The van der Waals surface area contributed by atoms with Gasteiger partial charge in [0.25, 0.3) is 0 Å². The summed E-state index contributed by atoms with van der Waals surface area (Å²) in [5.74, 6) is 1.19. The van der Waals surface area contributed by atoms with Gasteiger partial charge >= 0.3 is 0 Å². The number of rotatable bonds is 3. The Balaban J connectivity index is 1.71. The summed E-state index contributed by atoms with van der Waals surface area (Å²) in [7, 11) is -3.22. The minimum Gasteiger partial charge on any atom is -0.212 e. The second-order valence-electron chi connectivity index (χ2n) is 5.83. The number of nitrogens with zero attached hydrogens (tertiary/aromatic N) is 2. The summed E-state index contributed by atoms with van der Waals surface area (Å²) in [4.78, 5) is 0. The Hall–Kier alpha value is -1.38. The van der Waals surface area contributed by atoms with Crippen LogP contribution in [0.3, 0.4) is 0 Å². The van der Waals surface area contributed by atoms with Crippen molar-refractivity contribution in [1.29, 1.82) is 5.26 Å². The van der Waals surface area contributed by atoms with Gasteiger partial charge in [-0.2, -0.15) is 5.26 Å². The van der Waals surface area contributed by atoms with Gasteiger partial charge in [-0.1, -0.05) is 18.6 Å². The monoisotopic (exact) mass is 290 g/mol.